The summed E-state index contributed by atoms with van der Waals surface area (Å²) in [5.41, 5.74) is 3.75. The minimum absolute atomic E-state index is 0.134. The molecule has 4 rings (SSSR count). The van der Waals surface area contributed by atoms with Crippen LogP contribution in [0.1, 0.15) is 38.0 Å². The molecule has 6 heteroatoms. The van der Waals surface area contributed by atoms with Crippen LogP contribution in [0.4, 0.5) is 10.8 Å². The number of carbonyl (C=O) groups is 1. The van der Waals surface area contributed by atoms with E-state index >= 15 is 0 Å². The first-order chi connectivity index (χ1) is 15.0. The number of halogens is 1. The molecule has 0 spiro atoms. The molecule has 1 atom stereocenters. The van der Waals surface area contributed by atoms with Gasteiger partial charge in [0.25, 0.3) is 5.91 Å². The summed E-state index contributed by atoms with van der Waals surface area (Å²) in [5.74, 6) is 0.613. The third-order valence-corrected chi connectivity index (χ3v) is 6.50. The minimum atomic E-state index is -0.232. The second kappa shape index (κ2) is 9.33. The lowest BCUT2D eigenvalue weighted by atomic mass is 9.96. The predicted octanol–water partition coefficient (Wildman–Crippen LogP) is 6.87. The Labute approximate surface area is 190 Å². The molecule has 156 valence electrons. The average Bonchev–Trinajstić information content (AvgIpc) is 3.06. The number of aromatic nitrogens is 1. The first kappa shape index (κ1) is 21.1. The van der Waals surface area contributed by atoms with Gasteiger partial charge in [0.1, 0.15) is 10.8 Å². The van der Waals surface area contributed by atoms with E-state index in [2.05, 4.69) is 29.5 Å². The van der Waals surface area contributed by atoms with Gasteiger partial charge in [0.15, 0.2) is 0 Å². The van der Waals surface area contributed by atoms with Crippen LogP contribution >= 0.6 is 22.9 Å². The summed E-state index contributed by atoms with van der Waals surface area (Å²) in [4.78, 5) is 18.5. The number of hydrogen-bond donors (Lipinski definition) is 2. The Bertz CT molecular complexity index is 1190. The largest absolute Gasteiger partial charge is 0.359 e. The Balaban J connectivity index is 1.78. The molecule has 0 saturated heterocycles. The summed E-state index contributed by atoms with van der Waals surface area (Å²) in [6, 6.07) is 22.5. The van der Waals surface area contributed by atoms with Crippen LogP contribution in [-0.2, 0) is 0 Å². The number of nitrogens with zero attached hydrogens (tertiary/aromatic N) is 1. The van der Waals surface area contributed by atoms with E-state index in [0.29, 0.717) is 10.6 Å². The molecule has 0 saturated carbocycles. The molecule has 0 aliphatic heterocycles. The van der Waals surface area contributed by atoms with Crippen LogP contribution in [0, 0.1) is 13.8 Å². The number of anilines is 2. The molecular weight excluding hydrogens is 426 g/mol. The van der Waals surface area contributed by atoms with Gasteiger partial charge in [0, 0.05) is 27.2 Å². The third-order valence-electron chi connectivity index (χ3n) is 5.12. The average molecular weight is 448 g/mol. The highest BCUT2D eigenvalue weighted by molar-refractivity contribution is 7.16. The molecule has 1 unspecified atom stereocenters. The minimum Gasteiger partial charge on any atom is -0.359 e. The number of aryl methyl sites for hydroxylation is 1. The van der Waals surface area contributed by atoms with E-state index in [9.17, 15) is 4.79 Å². The fraction of sp³-hybridized carbons (Fsp3) is 0.120. The molecular formula is C25H22ClN3OS. The van der Waals surface area contributed by atoms with Crippen molar-refractivity contribution in [1.82, 2.24) is 4.98 Å². The van der Waals surface area contributed by atoms with E-state index in [4.69, 9.17) is 11.6 Å². The van der Waals surface area contributed by atoms with Gasteiger partial charge in [-0.25, -0.2) is 4.98 Å². The zero-order valence-corrected chi connectivity index (χ0v) is 18.8. The van der Waals surface area contributed by atoms with E-state index in [1.807, 2.05) is 72.8 Å². The second-order valence-corrected chi connectivity index (χ2v) is 8.85. The van der Waals surface area contributed by atoms with Gasteiger partial charge in [-0.2, -0.15) is 0 Å². The molecule has 0 aliphatic rings. The molecule has 1 amide bonds. The zero-order chi connectivity index (χ0) is 21.8. The van der Waals surface area contributed by atoms with Crippen molar-refractivity contribution >= 4 is 39.7 Å². The summed E-state index contributed by atoms with van der Waals surface area (Å²) in [5, 5.41) is 8.13. The highest BCUT2D eigenvalue weighted by Crippen LogP contribution is 2.41. The summed E-state index contributed by atoms with van der Waals surface area (Å²) in [6.45, 7) is 4.15. The van der Waals surface area contributed by atoms with Gasteiger partial charge < -0.3 is 10.6 Å². The zero-order valence-electron chi connectivity index (χ0n) is 17.2. The molecule has 0 bridgehead atoms. The van der Waals surface area contributed by atoms with Crippen molar-refractivity contribution in [2.24, 2.45) is 0 Å². The lowest BCUT2D eigenvalue weighted by Crippen LogP contribution is -2.18. The Morgan fingerprint density at radius 3 is 2.48 bits per heavy atom. The highest BCUT2D eigenvalue weighted by Gasteiger charge is 2.25. The highest BCUT2D eigenvalue weighted by atomic mass is 35.5. The normalized spacial score (nSPS) is 11.7. The molecule has 4 aromatic rings. The van der Waals surface area contributed by atoms with E-state index in [1.54, 1.807) is 17.5 Å². The maximum absolute atomic E-state index is 12.9. The van der Waals surface area contributed by atoms with Gasteiger partial charge in [-0.3, -0.25) is 4.79 Å². The molecule has 0 radical (unpaired) electrons. The van der Waals surface area contributed by atoms with Crippen molar-refractivity contribution in [3.63, 3.8) is 0 Å². The quantitative estimate of drug-likeness (QED) is 0.339. The monoisotopic (exact) mass is 447 g/mol. The van der Waals surface area contributed by atoms with Crippen molar-refractivity contribution in [1.29, 1.82) is 0 Å². The third kappa shape index (κ3) is 4.79. The Morgan fingerprint density at radius 2 is 1.77 bits per heavy atom. The number of benzene rings is 2. The van der Waals surface area contributed by atoms with Crippen LogP contribution < -0.4 is 10.6 Å². The number of hydrogen-bond acceptors (Lipinski definition) is 4. The maximum atomic E-state index is 12.9. The SMILES string of the molecule is Cc1sc(NC(=O)c2ccccc2)c(C(Nc2ccccn2)c2cccc(Cl)c2)c1C. The fourth-order valence-electron chi connectivity index (χ4n) is 3.45. The number of rotatable bonds is 6. The van der Waals surface area contributed by atoms with E-state index in [0.717, 1.165) is 32.4 Å². The van der Waals surface area contributed by atoms with Crippen molar-refractivity contribution in [3.8, 4) is 0 Å². The van der Waals surface area contributed by atoms with E-state index in [-0.39, 0.29) is 11.9 Å². The molecule has 2 aromatic carbocycles. The van der Waals surface area contributed by atoms with Crippen molar-refractivity contribution in [2.75, 3.05) is 10.6 Å². The van der Waals surface area contributed by atoms with Crippen LogP contribution in [0.3, 0.4) is 0 Å². The molecule has 4 nitrogen and oxygen atoms in total. The van der Waals surface area contributed by atoms with E-state index < -0.39 is 0 Å². The molecule has 2 N–H and O–H groups in total. The number of nitrogens with one attached hydrogen (secondary N) is 2. The lowest BCUT2D eigenvalue weighted by molar-refractivity contribution is 0.102. The van der Waals surface area contributed by atoms with Crippen LogP contribution in [0.5, 0.6) is 0 Å². The standard InChI is InChI=1S/C25H22ClN3OS/c1-16-17(2)31-25(29-24(30)18-9-4-3-5-10-18)22(16)23(19-11-8-12-20(26)15-19)28-21-13-6-7-14-27-21/h3-15,23H,1-2H3,(H,27,28)(H,29,30). The predicted molar refractivity (Wildman–Crippen MR) is 129 cm³/mol. The summed E-state index contributed by atoms with van der Waals surface area (Å²) >= 11 is 7.89. The Morgan fingerprint density at radius 1 is 1.00 bits per heavy atom. The van der Waals surface area contributed by atoms with Crippen LogP contribution in [-0.4, -0.2) is 10.9 Å². The molecule has 0 fully saturated rings. The van der Waals surface area contributed by atoms with E-state index in [1.165, 1.54) is 0 Å². The first-order valence-electron chi connectivity index (χ1n) is 9.92. The lowest BCUT2D eigenvalue weighted by Gasteiger charge is -2.22. The van der Waals surface area contributed by atoms with Gasteiger partial charge in [-0.05, 0) is 61.4 Å². The van der Waals surface area contributed by atoms with Gasteiger partial charge >= 0.3 is 0 Å². The van der Waals surface area contributed by atoms with Gasteiger partial charge in [0.05, 0.1) is 6.04 Å². The second-order valence-electron chi connectivity index (χ2n) is 7.19. The topological polar surface area (TPSA) is 54.0 Å². The number of amides is 1. The summed E-state index contributed by atoms with van der Waals surface area (Å²) in [6.07, 6.45) is 1.75. The number of carbonyl (C=O) groups excluding carboxylic acids is 1. The first-order valence-corrected chi connectivity index (χ1v) is 11.1. The van der Waals surface area contributed by atoms with Crippen molar-refractivity contribution in [2.45, 2.75) is 19.9 Å². The van der Waals surface area contributed by atoms with Crippen molar-refractivity contribution in [3.05, 3.63) is 111 Å². The molecule has 2 aromatic heterocycles. The number of thiophene rings is 1. The summed E-state index contributed by atoms with van der Waals surface area (Å²) in [7, 11) is 0. The van der Waals surface area contributed by atoms with Gasteiger partial charge in [-0.15, -0.1) is 11.3 Å². The Kier molecular flexibility index (Phi) is 6.35. The van der Waals surface area contributed by atoms with Crippen LogP contribution in [0.25, 0.3) is 0 Å². The molecule has 31 heavy (non-hydrogen) atoms. The van der Waals surface area contributed by atoms with Gasteiger partial charge in [0.2, 0.25) is 0 Å². The molecule has 2 heterocycles. The van der Waals surface area contributed by atoms with Crippen LogP contribution in [0.2, 0.25) is 5.02 Å². The van der Waals surface area contributed by atoms with Gasteiger partial charge in [-0.1, -0.05) is 48.0 Å². The molecule has 0 aliphatic carbocycles. The van der Waals surface area contributed by atoms with Crippen LogP contribution in [0.15, 0.2) is 79.0 Å². The maximum Gasteiger partial charge on any atom is 0.256 e. The fourth-order valence-corrected chi connectivity index (χ4v) is 4.75. The van der Waals surface area contributed by atoms with Crippen molar-refractivity contribution < 1.29 is 4.79 Å². The number of pyridine rings is 1. The summed E-state index contributed by atoms with van der Waals surface area (Å²) < 4.78 is 0. The smallest absolute Gasteiger partial charge is 0.256 e. The Hall–Kier alpha value is -3.15.